The van der Waals surface area contributed by atoms with Crippen LogP contribution in [0.3, 0.4) is 0 Å². The molecule has 0 bridgehead atoms. The zero-order valence-electron chi connectivity index (χ0n) is 26.8. The fourth-order valence-corrected chi connectivity index (χ4v) is 8.90. The van der Waals surface area contributed by atoms with Crippen molar-refractivity contribution in [1.29, 1.82) is 0 Å². The molecule has 276 valence electrons. The first kappa shape index (κ1) is 38.1. The average molecular weight is 751 g/mol. The Morgan fingerprint density at radius 2 is 1.43 bits per heavy atom. The summed E-state index contributed by atoms with van der Waals surface area (Å²) in [5.41, 5.74) is -7.99. The molecular weight excluding hydrogens is 719 g/mol. The third kappa shape index (κ3) is 6.93. The second-order valence-corrected chi connectivity index (χ2v) is 14.9. The number of rotatable bonds is 9. The second-order valence-electron chi connectivity index (χ2n) is 12.7. The van der Waals surface area contributed by atoms with Crippen LogP contribution in [0.1, 0.15) is 48.8 Å². The molecule has 1 unspecified atom stereocenters. The summed E-state index contributed by atoms with van der Waals surface area (Å²) in [4.78, 5) is 25.8. The fraction of sp³-hybridized carbons (Fsp3) is 0.412. The van der Waals surface area contributed by atoms with Gasteiger partial charge >= 0.3 is 12.4 Å². The van der Waals surface area contributed by atoms with Crippen LogP contribution >= 0.6 is 0 Å². The first-order chi connectivity index (χ1) is 23.7. The summed E-state index contributed by atoms with van der Waals surface area (Å²) in [7, 11) is -2.99. The third-order valence-electron chi connectivity index (χ3n) is 9.60. The number of amides is 2. The van der Waals surface area contributed by atoms with E-state index in [-0.39, 0.29) is 55.0 Å². The normalized spacial score (nSPS) is 21.9. The average Bonchev–Trinajstić information content (AvgIpc) is 3.39. The molecule has 1 aliphatic carbocycles. The van der Waals surface area contributed by atoms with E-state index in [9.17, 15) is 57.5 Å². The number of benzene rings is 3. The number of hydrogen-bond acceptors (Lipinski definition) is 5. The molecule has 2 amide bonds. The predicted molar refractivity (Wildman–Crippen MR) is 163 cm³/mol. The van der Waals surface area contributed by atoms with Crippen molar-refractivity contribution in [2.24, 2.45) is 5.92 Å². The molecule has 2 aliphatic rings. The van der Waals surface area contributed by atoms with Gasteiger partial charge in [0.05, 0.1) is 17.4 Å². The summed E-state index contributed by atoms with van der Waals surface area (Å²) in [6, 6.07) is 7.65. The summed E-state index contributed by atoms with van der Waals surface area (Å²) in [5, 5.41) is 2.81. The molecule has 1 saturated heterocycles. The molecule has 1 aliphatic heterocycles. The highest BCUT2D eigenvalue weighted by atomic mass is 32.2. The van der Waals surface area contributed by atoms with E-state index < -0.39 is 85.6 Å². The summed E-state index contributed by atoms with van der Waals surface area (Å²) < 4.78 is 160. The molecule has 3 aromatic carbocycles. The van der Waals surface area contributed by atoms with Crippen molar-refractivity contribution in [3.05, 3.63) is 101 Å². The molecule has 1 N–H and O–H groups in total. The topological polar surface area (TPSA) is 92.8 Å². The highest BCUT2D eigenvalue weighted by Gasteiger charge is 2.73. The van der Waals surface area contributed by atoms with Gasteiger partial charge in [-0.2, -0.15) is 26.3 Å². The van der Waals surface area contributed by atoms with Gasteiger partial charge in [0.15, 0.2) is 9.84 Å². The number of carbonyl (C=O) groups is 2. The first-order valence-corrected chi connectivity index (χ1v) is 17.1. The zero-order valence-corrected chi connectivity index (χ0v) is 27.6. The summed E-state index contributed by atoms with van der Waals surface area (Å²) in [5.74, 6) is -4.93. The maximum Gasteiger partial charge on any atom is 0.430 e. The minimum Gasteiger partial charge on any atom is -0.353 e. The van der Waals surface area contributed by atoms with Crippen LogP contribution in [-0.4, -0.2) is 57.1 Å². The Balaban J connectivity index is 1.52. The van der Waals surface area contributed by atoms with Gasteiger partial charge in [-0.25, -0.2) is 21.6 Å². The zero-order chi connectivity index (χ0) is 37.6. The van der Waals surface area contributed by atoms with Crippen molar-refractivity contribution in [3.8, 4) is 0 Å². The van der Waals surface area contributed by atoms with Gasteiger partial charge in [0.2, 0.25) is 11.8 Å². The maximum absolute atomic E-state index is 14.5. The molecule has 1 atom stereocenters. The van der Waals surface area contributed by atoms with Crippen molar-refractivity contribution in [2.75, 3.05) is 13.6 Å². The summed E-state index contributed by atoms with van der Waals surface area (Å²) >= 11 is 0. The standard InChI is InChI=1S/C34H31F9N2O5S/c1-45-18-20(17-29(45)46)30(47)44-24-13-15-31(16-14-24,51(48,49)25-11-9-23(35)10-12-25)21-5-7-22(8-6-21)32(33(38,39)40,34(41,42)43)50-19-26-27(36)3-2-4-28(26)37/h2-12,20,24H,13-19H2,1H3,(H,44,47)/t20?,24-,31+. The number of halogens is 9. The van der Waals surface area contributed by atoms with E-state index in [2.05, 4.69) is 10.1 Å². The van der Waals surface area contributed by atoms with Crippen molar-refractivity contribution in [2.45, 2.75) is 72.3 Å². The third-order valence-corrected chi connectivity index (χ3v) is 12.2. The second kappa shape index (κ2) is 13.8. The van der Waals surface area contributed by atoms with Gasteiger partial charge in [0.25, 0.3) is 5.60 Å². The van der Waals surface area contributed by atoms with Gasteiger partial charge in [0.1, 0.15) is 22.2 Å². The SMILES string of the molecule is CN1CC(C(=O)N[C@H]2CC[C@@](c3ccc(C(OCc4c(F)cccc4F)(C(F)(F)F)C(F)(F)F)cc3)(S(=O)(=O)c3ccc(F)cc3)CC2)CC1=O. The number of nitrogens with zero attached hydrogens (tertiary/aromatic N) is 1. The van der Waals surface area contributed by atoms with E-state index in [1.807, 2.05) is 0 Å². The lowest BCUT2D eigenvalue weighted by molar-refractivity contribution is -0.392. The van der Waals surface area contributed by atoms with E-state index in [0.717, 1.165) is 42.5 Å². The van der Waals surface area contributed by atoms with Gasteiger partial charge in [-0.05, 0) is 67.6 Å². The van der Waals surface area contributed by atoms with Crippen molar-refractivity contribution in [1.82, 2.24) is 10.2 Å². The smallest absolute Gasteiger partial charge is 0.353 e. The van der Waals surface area contributed by atoms with Gasteiger partial charge in [0, 0.05) is 37.2 Å². The molecular formula is C34H31F9N2O5S. The van der Waals surface area contributed by atoms with E-state index in [4.69, 9.17) is 0 Å². The fourth-order valence-electron chi connectivity index (χ4n) is 6.73. The van der Waals surface area contributed by atoms with E-state index in [0.29, 0.717) is 24.3 Å². The summed E-state index contributed by atoms with van der Waals surface area (Å²) in [6.45, 7) is -1.58. The molecule has 1 saturated carbocycles. The molecule has 7 nitrogen and oxygen atoms in total. The van der Waals surface area contributed by atoms with Crippen molar-refractivity contribution in [3.63, 3.8) is 0 Å². The van der Waals surface area contributed by atoms with Gasteiger partial charge in [-0.3, -0.25) is 9.59 Å². The molecule has 3 aromatic rings. The van der Waals surface area contributed by atoms with Crippen molar-refractivity contribution < 1.29 is 62.3 Å². The first-order valence-electron chi connectivity index (χ1n) is 15.6. The molecule has 0 spiro atoms. The number of carbonyl (C=O) groups excluding carboxylic acids is 2. The molecule has 17 heteroatoms. The van der Waals surface area contributed by atoms with Crippen LogP contribution in [0.15, 0.2) is 71.6 Å². The number of ether oxygens (including phenoxy) is 1. The molecule has 1 heterocycles. The molecule has 5 rings (SSSR count). The minimum atomic E-state index is -6.22. The lowest BCUT2D eigenvalue weighted by Crippen LogP contribution is -2.56. The van der Waals surface area contributed by atoms with E-state index in [1.54, 1.807) is 7.05 Å². The van der Waals surface area contributed by atoms with Gasteiger partial charge in [-0.15, -0.1) is 0 Å². The number of sulfone groups is 1. The molecule has 0 aromatic heterocycles. The highest BCUT2D eigenvalue weighted by Crippen LogP contribution is 2.54. The number of nitrogens with one attached hydrogen (secondary N) is 1. The Kier molecular flexibility index (Phi) is 10.3. The largest absolute Gasteiger partial charge is 0.430 e. The van der Waals surface area contributed by atoms with Crippen LogP contribution < -0.4 is 5.32 Å². The Morgan fingerprint density at radius 3 is 1.92 bits per heavy atom. The molecule has 51 heavy (non-hydrogen) atoms. The van der Waals surface area contributed by atoms with Crippen LogP contribution in [-0.2, 0) is 41.1 Å². The van der Waals surface area contributed by atoms with Gasteiger partial charge < -0.3 is 15.0 Å². The maximum atomic E-state index is 14.5. The van der Waals surface area contributed by atoms with Gasteiger partial charge in [-0.1, -0.05) is 30.3 Å². The number of hydrogen-bond donors (Lipinski definition) is 1. The van der Waals surface area contributed by atoms with E-state index >= 15 is 0 Å². The van der Waals surface area contributed by atoms with Crippen LogP contribution in [0.25, 0.3) is 0 Å². The number of likely N-dealkylation sites (tertiary alicyclic amines) is 1. The Labute approximate surface area is 286 Å². The minimum absolute atomic E-state index is 0.0107. The summed E-state index contributed by atoms with van der Waals surface area (Å²) in [6.07, 6.45) is -12.9. The lowest BCUT2D eigenvalue weighted by atomic mass is 9.79. The van der Waals surface area contributed by atoms with Crippen LogP contribution in [0, 0.1) is 23.4 Å². The quantitative estimate of drug-likeness (QED) is 0.191. The monoisotopic (exact) mass is 750 g/mol. The Bertz CT molecular complexity index is 1840. The van der Waals surface area contributed by atoms with Crippen LogP contribution in [0.2, 0.25) is 0 Å². The Hall–Kier alpha value is -4.12. The van der Waals surface area contributed by atoms with Crippen LogP contribution in [0.4, 0.5) is 39.5 Å². The number of alkyl halides is 6. The van der Waals surface area contributed by atoms with E-state index in [1.165, 1.54) is 4.90 Å². The predicted octanol–water partition coefficient (Wildman–Crippen LogP) is 6.85. The molecule has 0 radical (unpaired) electrons. The lowest BCUT2D eigenvalue weighted by Gasteiger charge is -2.41. The molecule has 2 fully saturated rings. The van der Waals surface area contributed by atoms with Crippen molar-refractivity contribution >= 4 is 21.7 Å². The Morgan fingerprint density at radius 1 is 0.882 bits per heavy atom. The van der Waals surface area contributed by atoms with Crippen LogP contribution in [0.5, 0.6) is 0 Å². The highest BCUT2D eigenvalue weighted by molar-refractivity contribution is 7.92.